The van der Waals surface area contributed by atoms with Crippen LogP contribution in [0, 0.1) is 0 Å². The van der Waals surface area contributed by atoms with Crippen LogP contribution in [0.1, 0.15) is 20.8 Å². The molecule has 1 nitrogen and oxygen atoms in total. The highest BCUT2D eigenvalue weighted by Crippen LogP contribution is 2.14. The van der Waals surface area contributed by atoms with E-state index in [4.69, 9.17) is 0 Å². The standard InChI is InChI=1S/C14H19N/c1-6-8-14(11-15-5)13(7-2)10-9-12(3)4/h6-11H,3,5H2,1-2,4H3/b8-6-,10-9-,13-7+,14-11+. The number of allylic oxidation sites excluding steroid dienone is 8. The third kappa shape index (κ3) is 5.63. The van der Waals surface area contributed by atoms with E-state index in [0.29, 0.717) is 0 Å². The van der Waals surface area contributed by atoms with E-state index in [-0.39, 0.29) is 0 Å². The number of rotatable bonds is 5. The van der Waals surface area contributed by atoms with Crippen molar-refractivity contribution in [3.8, 4) is 0 Å². The first-order valence-electron chi connectivity index (χ1n) is 4.94. The fourth-order valence-corrected chi connectivity index (χ4v) is 1.08. The van der Waals surface area contributed by atoms with E-state index in [1.165, 1.54) is 0 Å². The molecule has 80 valence electrons. The van der Waals surface area contributed by atoms with Gasteiger partial charge >= 0.3 is 0 Å². The third-order valence-electron chi connectivity index (χ3n) is 1.77. The Hall–Kier alpha value is -1.63. The molecule has 15 heavy (non-hydrogen) atoms. The Morgan fingerprint density at radius 2 is 1.73 bits per heavy atom. The lowest BCUT2D eigenvalue weighted by atomic mass is 10.1. The molecule has 1 heteroatoms. The molecule has 0 aromatic heterocycles. The van der Waals surface area contributed by atoms with Crippen molar-refractivity contribution in [1.82, 2.24) is 0 Å². The highest BCUT2D eigenvalue weighted by atomic mass is 14.6. The van der Waals surface area contributed by atoms with Gasteiger partial charge in [0, 0.05) is 6.20 Å². The summed E-state index contributed by atoms with van der Waals surface area (Å²) in [6.45, 7) is 13.2. The van der Waals surface area contributed by atoms with Gasteiger partial charge in [-0.05, 0) is 38.6 Å². The summed E-state index contributed by atoms with van der Waals surface area (Å²) < 4.78 is 0. The molecule has 0 unspecified atom stereocenters. The van der Waals surface area contributed by atoms with Gasteiger partial charge < -0.3 is 0 Å². The molecule has 0 aliphatic heterocycles. The molecular weight excluding hydrogens is 182 g/mol. The number of nitrogens with zero attached hydrogens (tertiary/aromatic N) is 1. The van der Waals surface area contributed by atoms with Crippen LogP contribution in [0.4, 0.5) is 0 Å². The van der Waals surface area contributed by atoms with Crippen molar-refractivity contribution in [2.24, 2.45) is 4.99 Å². The summed E-state index contributed by atoms with van der Waals surface area (Å²) in [6.07, 6.45) is 11.8. The average molecular weight is 201 g/mol. The van der Waals surface area contributed by atoms with Gasteiger partial charge in [-0.3, -0.25) is 4.99 Å². The van der Waals surface area contributed by atoms with Gasteiger partial charge in [0.25, 0.3) is 0 Å². The maximum atomic E-state index is 3.83. The summed E-state index contributed by atoms with van der Waals surface area (Å²) in [4.78, 5) is 3.79. The summed E-state index contributed by atoms with van der Waals surface area (Å²) in [5, 5.41) is 0. The zero-order chi connectivity index (χ0) is 11.7. The van der Waals surface area contributed by atoms with E-state index in [9.17, 15) is 0 Å². The summed E-state index contributed by atoms with van der Waals surface area (Å²) >= 11 is 0. The van der Waals surface area contributed by atoms with E-state index in [1.54, 1.807) is 6.20 Å². The number of hydrogen-bond acceptors (Lipinski definition) is 1. The minimum absolute atomic E-state index is 1.03. The average Bonchev–Trinajstić information content (AvgIpc) is 2.19. The quantitative estimate of drug-likeness (QED) is 0.466. The molecule has 0 aromatic rings. The third-order valence-corrected chi connectivity index (χ3v) is 1.77. The number of aliphatic imine (C=N–C) groups is 1. The Morgan fingerprint density at radius 1 is 1.07 bits per heavy atom. The van der Waals surface area contributed by atoms with Gasteiger partial charge in [0.05, 0.1) is 0 Å². The Kier molecular flexibility index (Phi) is 6.90. The molecule has 0 aliphatic rings. The fourth-order valence-electron chi connectivity index (χ4n) is 1.08. The molecule has 0 spiro atoms. The van der Waals surface area contributed by atoms with E-state index >= 15 is 0 Å². The van der Waals surface area contributed by atoms with Crippen LogP contribution in [-0.4, -0.2) is 6.72 Å². The molecule has 0 atom stereocenters. The van der Waals surface area contributed by atoms with Crippen molar-refractivity contribution in [3.05, 3.63) is 59.9 Å². The second kappa shape index (κ2) is 7.74. The lowest BCUT2D eigenvalue weighted by Gasteiger charge is -2.01. The van der Waals surface area contributed by atoms with Gasteiger partial charge in [-0.25, -0.2) is 0 Å². The van der Waals surface area contributed by atoms with E-state index in [1.807, 2.05) is 51.2 Å². The molecule has 0 rings (SSSR count). The van der Waals surface area contributed by atoms with Crippen molar-refractivity contribution < 1.29 is 0 Å². The van der Waals surface area contributed by atoms with Crippen molar-refractivity contribution >= 4 is 6.72 Å². The van der Waals surface area contributed by atoms with Gasteiger partial charge in [0.15, 0.2) is 0 Å². The molecule has 0 aromatic carbocycles. The van der Waals surface area contributed by atoms with Gasteiger partial charge in [-0.15, -0.1) is 0 Å². The van der Waals surface area contributed by atoms with Crippen LogP contribution in [0.5, 0.6) is 0 Å². The SMILES string of the molecule is C=N/C=C(\C=C/C)C(/C=C\C(=C)C)=C/C. The molecule has 0 N–H and O–H groups in total. The lowest BCUT2D eigenvalue weighted by molar-refractivity contribution is 1.42. The van der Waals surface area contributed by atoms with Crippen molar-refractivity contribution in [1.29, 1.82) is 0 Å². The van der Waals surface area contributed by atoms with Crippen LogP contribution in [0.3, 0.4) is 0 Å². The van der Waals surface area contributed by atoms with E-state index in [0.717, 1.165) is 16.7 Å². The molecule has 0 saturated heterocycles. The second-order valence-electron chi connectivity index (χ2n) is 3.19. The van der Waals surface area contributed by atoms with Crippen LogP contribution in [0.25, 0.3) is 0 Å². The Balaban J connectivity index is 5.02. The monoisotopic (exact) mass is 201 g/mol. The lowest BCUT2D eigenvalue weighted by Crippen LogP contribution is -1.82. The van der Waals surface area contributed by atoms with Gasteiger partial charge in [0.1, 0.15) is 0 Å². The van der Waals surface area contributed by atoms with Crippen molar-refractivity contribution in [3.63, 3.8) is 0 Å². The van der Waals surface area contributed by atoms with Gasteiger partial charge in [0.2, 0.25) is 0 Å². The van der Waals surface area contributed by atoms with Crippen LogP contribution in [-0.2, 0) is 0 Å². The predicted molar refractivity (Wildman–Crippen MR) is 70.2 cm³/mol. The van der Waals surface area contributed by atoms with Crippen LogP contribution < -0.4 is 0 Å². The molecule has 0 amide bonds. The molecular formula is C14H19N. The largest absolute Gasteiger partial charge is 0.272 e. The summed E-state index contributed by atoms with van der Waals surface area (Å²) in [7, 11) is 0. The summed E-state index contributed by atoms with van der Waals surface area (Å²) in [5.41, 5.74) is 3.19. The zero-order valence-corrected chi connectivity index (χ0v) is 9.83. The zero-order valence-electron chi connectivity index (χ0n) is 9.83. The normalized spacial score (nSPS) is 13.8. The first-order chi connectivity index (χ1) is 7.15. The van der Waals surface area contributed by atoms with E-state index < -0.39 is 0 Å². The molecule has 0 saturated carbocycles. The van der Waals surface area contributed by atoms with Crippen molar-refractivity contribution in [2.75, 3.05) is 0 Å². The molecule has 0 heterocycles. The van der Waals surface area contributed by atoms with Crippen LogP contribution in [0.2, 0.25) is 0 Å². The molecule has 0 aliphatic carbocycles. The smallest absolute Gasteiger partial charge is 0.0338 e. The second-order valence-corrected chi connectivity index (χ2v) is 3.19. The fraction of sp³-hybridized carbons (Fsp3) is 0.214. The Bertz CT molecular complexity index is 338. The predicted octanol–water partition coefficient (Wildman–Crippen LogP) is 4.23. The number of hydrogen-bond donors (Lipinski definition) is 0. The van der Waals surface area contributed by atoms with Gasteiger partial charge in [-0.2, -0.15) is 0 Å². The minimum atomic E-state index is 1.03. The molecule has 0 radical (unpaired) electrons. The maximum absolute atomic E-state index is 3.83. The van der Waals surface area contributed by atoms with E-state index in [2.05, 4.69) is 18.3 Å². The molecule has 0 bridgehead atoms. The first kappa shape index (κ1) is 13.4. The highest BCUT2D eigenvalue weighted by Gasteiger charge is 1.95. The first-order valence-corrected chi connectivity index (χ1v) is 4.94. The maximum Gasteiger partial charge on any atom is 0.0338 e. The van der Waals surface area contributed by atoms with Crippen LogP contribution in [0.15, 0.2) is 64.9 Å². The Morgan fingerprint density at radius 3 is 2.13 bits per heavy atom. The van der Waals surface area contributed by atoms with Crippen molar-refractivity contribution in [2.45, 2.75) is 20.8 Å². The summed E-state index contributed by atoms with van der Waals surface area (Å²) in [6, 6.07) is 0. The summed E-state index contributed by atoms with van der Waals surface area (Å²) in [5.74, 6) is 0. The topological polar surface area (TPSA) is 12.4 Å². The molecule has 0 fully saturated rings. The highest BCUT2D eigenvalue weighted by molar-refractivity contribution is 5.48. The Labute approximate surface area is 92.9 Å². The van der Waals surface area contributed by atoms with Crippen LogP contribution >= 0.6 is 0 Å². The van der Waals surface area contributed by atoms with Gasteiger partial charge in [-0.1, -0.05) is 42.5 Å². The minimum Gasteiger partial charge on any atom is -0.272 e.